The Hall–Kier alpha value is -2.12. The lowest BCUT2D eigenvalue weighted by Crippen LogP contribution is -2.33. The lowest BCUT2D eigenvalue weighted by atomic mass is 10.4. The third kappa shape index (κ3) is 3.21. The van der Waals surface area contributed by atoms with Crippen LogP contribution in [0.5, 0.6) is 0 Å². The van der Waals surface area contributed by atoms with Crippen LogP contribution in [0.25, 0.3) is 0 Å². The second-order valence-corrected chi connectivity index (χ2v) is 4.12. The summed E-state index contributed by atoms with van der Waals surface area (Å²) in [5.41, 5.74) is 0. The summed E-state index contributed by atoms with van der Waals surface area (Å²) in [6.45, 7) is 4.08. The van der Waals surface area contributed by atoms with E-state index >= 15 is 0 Å². The molecule has 1 aromatic rings. The number of aromatic nitrogens is 2. The lowest BCUT2D eigenvalue weighted by molar-refractivity contribution is -0.388. The van der Waals surface area contributed by atoms with E-state index in [0.29, 0.717) is 18.2 Å². The van der Waals surface area contributed by atoms with Crippen LogP contribution >= 0.6 is 0 Å². The maximum Gasteiger partial charge on any atom is 0.406 e. The largest absolute Gasteiger partial charge is 0.468 e. The molecule has 0 spiro atoms. The molecule has 0 atom stereocenters. The van der Waals surface area contributed by atoms with Crippen molar-refractivity contribution in [3.63, 3.8) is 0 Å². The summed E-state index contributed by atoms with van der Waals surface area (Å²) in [6, 6.07) is 0. The fourth-order valence-electron chi connectivity index (χ4n) is 1.81. The van der Waals surface area contributed by atoms with Crippen molar-refractivity contribution in [1.82, 2.24) is 9.55 Å². The van der Waals surface area contributed by atoms with Crippen molar-refractivity contribution in [2.24, 2.45) is 7.05 Å². The van der Waals surface area contributed by atoms with Gasteiger partial charge in [-0.3, -0.25) is 9.36 Å². The minimum Gasteiger partial charge on any atom is -0.468 e. The first-order valence-electron chi connectivity index (χ1n) is 5.91. The van der Waals surface area contributed by atoms with Crippen LogP contribution in [0.1, 0.15) is 19.2 Å². The van der Waals surface area contributed by atoms with Crippen LogP contribution in [0.3, 0.4) is 0 Å². The van der Waals surface area contributed by atoms with E-state index in [4.69, 9.17) is 0 Å². The van der Waals surface area contributed by atoms with Crippen molar-refractivity contribution in [3.8, 4) is 0 Å². The molecule has 19 heavy (non-hydrogen) atoms. The Balaban J connectivity index is 3.20. The number of methoxy groups -OCH3 is 1. The SMILES string of the molecule is CCCN(CC(=O)OC)c1c([N+](=O)[O-])nc(C)n1C. The third-order valence-electron chi connectivity index (χ3n) is 2.78. The van der Waals surface area contributed by atoms with Crippen LogP contribution in [0.2, 0.25) is 0 Å². The van der Waals surface area contributed by atoms with Crippen LogP contribution in [0, 0.1) is 17.0 Å². The molecule has 0 unspecified atom stereocenters. The number of nitro groups is 1. The average Bonchev–Trinajstić information content (AvgIpc) is 2.65. The molecule has 1 aromatic heterocycles. The zero-order valence-corrected chi connectivity index (χ0v) is 11.5. The number of hydrogen-bond acceptors (Lipinski definition) is 6. The summed E-state index contributed by atoms with van der Waals surface area (Å²) in [6.07, 6.45) is 0.748. The Bertz CT molecular complexity index is 483. The van der Waals surface area contributed by atoms with Gasteiger partial charge in [0, 0.05) is 20.5 Å². The number of rotatable bonds is 6. The van der Waals surface area contributed by atoms with E-state index in [1.54, 1.807) is 23.4 Å². The minimum absolute atomic E-state index is 0.0375. The highest BCUT2D eigenvalue weighted by atomic mass is 16.6. The van der Waals surface area contributed by atoms with Crippen molar-refractivity contribution in [1.29, 1.82) is 0 Å². The molecule has 0 aliphatic carbocycles. The van der Waals surface area contributed by atoms with Gasteiger partial charge in [-0.2, -0.15) is 0 Å². The van der Waals surface area contributed by atoms with E-state index in [9.17, 15) is 14.9 Å². The van der Waals surface area contributed by atoms with Gasteiger partial charge in [0.25, 0.3) is 0 Å². The summed E-state index contributed by atoms with van der Waals surface area (Å²) in [4.78, 5) is 27.4. The predicted octanol–water partition coefficient (Wildman–Crippen LogP) is 1.03. The molecule has 0 saturated carbocycles. The van der Waals surface area contributed by atoms with E-state index in [0.717, 1.165) is 6.42 Å². The number of carbonyl (C=O) groups excluding carboxylic acids is 1. The number of esters is 1. The molecule has 1 rings (SSSR count). The second-order valence-electron chi connectivity index (χ2n) is 4.12. The molecule has 0 N–H and O–H groups in total. The molecular formula is C11H18N4O4. The molecule has 0 bridgehead atoms. The van der Waals surface area contributed by atoms with Crippen molar-refractivity contribution in [3.05, 3.63) is 15.9 Å². The molecule has 8 nitrogen and oxygen atoms in total. The maximum atomic E-state index is 11.4. The van der Waals surface area contributed by atoms with Crippen LogP contribution < -0.4 is 4.90 Å². The van der Waals surface area contributed by atoms with Gasteiger partial charge in [0.1, 0.15) is 6.54 Å². The van der Waals surface area contributed by atoms with Gasteiger partial charge < -0.3 is 19.8 Å². The molecular weight excluding hydrogens is 252 g/mol. The zero-order valence-electron chi connectivity index (χ0n) is 11.5. The lowest BCUT2D eigenvalue weighted by Gasteiger charge is -2.21. The van der Waals surface area contributed by atoms with Gasteiger partial charge in [-0.15, -0.1) is 0 Å². The molecule has 0 saturated heterocycles. The van der Waals surface area contributed by atoms with Crippen LogP contribution in [-0.2, 0) is 16.6 Å². The Morgan fingerprint density at radius 2 is 2.21 bits per heavy atom. The first kappa shape index (κ1) is 14.9. The van der Waals surface area contributed by atoms with Gasteiger partial charge in [-0.25, -0.2) is 0 Å². The monoisotopic (exact) mass is 270 g/mol. The normalized spacial score (nSPS) is 10.3. The molecule has 0 aliphatic rings. The van der Waals surface area contributed by atoms with Gasteiger partial charge in [0.05, 0.1) is 7.11 Å². The summed E-state index contributed by atoms with van der Waals surface area (Å²) in [5, 5.41) is 11.0. The molecule has 8 heteroatoms. The minimum atomic E-state index is -0.539. The van der Waals surface area contributed by atoms with Crippen molar-refractivity contribution < 1.29 is 14.5 Å². The van der Waals surface area contributed by atoms with Gasteiger partial charge in [0.2, 0.25) is 11.6 Å². The Morgan fingerprint density at radius 3 is 2.68 bits per heavy atom. The smallest absolute Gasteiger partial charge is 0.406 e. The highest BCUT2D eigenvalue weighted by Crippen LogP contribution is 2.28. The van der Waals surface area contributed by atoms with E-state index in [1.165, 1.54) is 7.11 Å². The third-order valence-corrected chi connectivity index (χ3v) is 2.78. The Morgan fingerprint density at radius 1 is 1.58 bits per heavy atom. The molecule has 106 valence electrons. The van der Waals surface area contributed by atoms with E-state index < -0.39 is 10.9 Å². The molecule has 0 aliphatic heterocycles. The van der Waals surface area contributed by atoms with Crippen LogP contribution in [0.15, 0.2) is 0 Å². The number of ether oxygens (including phenoxy) is 1. The number of aryl methyl sites for hydroxylation is 1. The number of nitrogens with zero attached hydrogens (tertiary/aromatic N) is 4. The first-order valence-corrected chi connectivity index (χ1v) is 5.91. The average molecular weight is 270 g/mol. The standard InChI is InChI=1S/C11H18N4O4/c1-5-6-14(7-9(16)19-4)11-10(15(17)18)12-8(2)13(11)3/h5-7H2,1-4H3. The van der Waals surface area contributed by atoms with Gasteiger partial charge >= 0.3 is 11.8 Å². The fourth-order valence-corrected chi connectivity index (χ4v) is 1.81. The highest BCUT2D eigenvalue weighted by Gasteiger charge is 2.29. The maximum absolute atomic E-state index is 11.4. The van der Waals surface area contributed by atoms with E-state index in [-0.39, 0.29) is 12.4 Å². The van der Waals surface area contributed by atoms with Crippen LogP contribution in [-0.4, -0.2) is 40.6 Å². The molecule has 1 heterocycles. The van der Waals surface area contributed by atoms with Crippen molar-refractivity contribution >= 4 is 17.6 Å². The molecule has 0 aromatic carbocycles. The van der Waals surface area contributed by atoms with Crippen molar-refractivity contribution in [2.45, 2.75) is 20.3 Å². The zero-order chi connectivity index (χ0) is 14.6. The van der Waals surface area contributed by atoms with Gasteiger partial charge in [-0.1, -0.05) is 6.92 Å². The second kappa shape index (κ2) is 6.17. The topological polar surface area (TPSA) is 90.5 Å². The van der Waals surface area contributed by atoms with Crippen LogP contribution in [0.4, 0.5) is 11.6 Å². The Labute approximate surface area is 111 Å². The van der Waals surface area contributed by atoms with Crippen molar-refractivity contribution in [2.75, 3.05) is 25.1 Å². The Kier molecular flexibility index (Phi) is 4.85. The fraction of sp³-hybridized carbons (Fsp3) is 0.636. The summed E-state index contributed by atoms with van der Waals surface area (Å²) in [5.74, 6) is 0.168. The molecule has 0 fully saturated rings. The number of imidazole rings is 1. The summed E-state index contributed by atoms with van der Waals surface area (Å²) < 4.78 is 6.22. The van der Waals surface area contributed by atoms with E-state index in [1.807, 2.05) is 6.92 Å². The number of anilines is 1. The highest BCUT2D eigenvalue weighted by molar-refractivity contribution is 5.76. The van der Waals surface area contributed by atoms with Gasteiger partial charge in [0.15, 0.2) is 0 Å². The number of carbonyl (C=O) groups is 1. The van der Waals surface area contributed by atoms with E-state index in [2.05, 4.69) is 9.72 Å². The molecule has 0 radical (unpaired) electrons. The quantitative estimate of drug-likeness (QED) is 0.435. The molecule has 0 amide bonds. The summed E-state index contributed by atoms with van der Waals surface area (Å²) >= 11 is 0. The first-order chi connectivity index (χ1) is 8.92. The number of hydrogen-bond donors (Lipinski definition) is 0. The van der Waals surface area contributed by atoms with Gasteiger partial charge in [-0.05, 0) is 16.3 Å². The summed E-state index contributed by atoms with van der Waals surface area (Å²) in [7, 11) is 2.97. The predicted molar refractivity (Wildman–Crippen MR) is 69.1 cm³/mol.